The number of pyridine rings is 1. The van der Waals surface area contributed by atoms with E-state index < -0.39 is 28.5 Å². The van der Waals surface area contributed by atoms with Gasteiger partial charge in [0.25, 0.3) is 0 Å². The molecule has 3 aromatic heterocycles. The molecule has 0 fully saturated rings. The summed E-state index contributed by atoms with van der Waals surface area (Å²) in [6, 6.07) is 5.07. The SMILES string of the molecule is CCc1cc(Cc2cn(C)nc2-c2c(F)cc(F)cc2C(C)Oc2cc(Br)cnc2[N+](=O)[O-])on1. The maximum absolute atomic E-state index is 15.2. The largest absolute Gasteiger partial charge is 0.478 e. The van der Waals surface area contributed by atoms with Crippen LogP contribution in [-0.4, -0.2) is 24.8 Å². The molecule has 0 bridgehead atoms. The number of hydrogen-bond donors (Lipinski definition) is 0. The van der Waals surface area contributed by atoms with Crippen LogP contribution in [0.2, 0.25) is 0 Å². The van der Waals surface area contributed by atoms with Gasteiger partial charge < -0.3 is 19.4 Å². The first-order valence-electron chi connectivity index (χ1n) is 10.6. The van der Waals surface area contributed by atoms with Crippen molar-refractivity contribution >= 4 is 21.7 Å². The molecule has 4 rings (SSSR count). The summed E-state index contributed by atoms with van der Waals surface area (Å²) in [6.45, 7) is 3.48. The molecule has 9 nitrogen and oxygen atoms in total. The van der Waals surface area contributed by atoms with Crippen molar-refractivity contribution in [3.8, 4) is 17.0 Å². The van der Waals surface area contributed by atoms with E-state index in [2.05, 4.69) is 31.2 Å². The van der Waals surface area contributed by atoms with Crippen LogP contribution in [0.1, 0.15) is 42.5 Å². The lowest BCUT2D eigenvalue weighted by molar-refractivity contribution is -0.390. The highest BCUT2D eigenvalue weighted by molar-refractivity contribution is 9.10. The van der Waals surface area contributed by atoms with Crippen LogP contribution < -0.4 is 4.74 Å². The van der Waals surface area contributed by atoms with Crippen LogP contribution in [0.4, 0.5) is 14.6 Å². The van der Waals surface area contributed by atoms with Gasteiger partial charge in [0.05, 0.1) is 15.9 Å². The van der Waals surface area contributed by atoms with Gasteiger partial charge in [-0.1, -0.05) is 12.1 Å². The third-order valence-electron chi connectivity index (χ3n) is 5.28. The van der Waals surface area contributed by atoms with E-state index in [-0.39, 0.29) is 29.0 Å². The van der Waals surface area contributed by atoms with Crippen LogP contribution in [0.3, 0.4) is 0 Å². The van der Waals surface area contributed by atoms with Crippen LogP contribution in [0.25, 0.3) is 11.3 Å². The Morgan fingerprint density at radius 3 is 2.74 bits per heavy atom. The summed E-state index contributed by atoms with van der Waals surface area (Å²) in [5.41, 5.74) is 1.83. The highest BCUT2D eigenvalue weighted by Crippen LogP contribution is 2.37. The second-order valence-electron chi connectivity index (χ2n) is 7.84. The second-order valence-corrected chi connectivity index (χ2v) is 8.75. The molecule has 12 heteroatoms. The minimum atomic E-state index is -0.989. The number of benzene rings is 1. The van der Waals surface area contributed by atoms with E-state index in [9.17, 15) is 14.5 Å². The average Bonchev–Trinajstić information content (AvgIpc) is 3.39. The second kappa shape index (κ2) is 9.90. The zero-order valence-corrected chi connectivity index (χ0v) is 20.5. The van der Waals surface area contributed by atoms with E-state index in [1.54, 1.807) is 13.2 Å². The topological polar surface area (TPSA) is 109 Å². The zero-order chi connectivity index (χ0) is 25.3. The van der Waals surface area contributed by atoms with E-state index >= 15 is 4.39 Å². The summed E-state index contributed by atoms with van der Waals surface area (Å²) in [7, 11) is 1.68. The van der Waals surface area contributed by atoms with E-state index in [1.807, 2.05) is 13.0 Å². The molecule has 0 N–H and O–H groups in total. The van der Waals surface area contributed by atoms with Crippen molar-refractivity contribution in [2.24, 2.45) is 7.05 Å². The molecule has 35 heavy (non-hydrogen) atoms. The van der Waals surface area contributed by atoms with Gasteiger partial charge >= 0.3 is 5.82 Å². The standard InChI is InChI=1S/C23H20BrF2N5O4/c1-4-16-9-17(35-29-16)5-13-11-30(3)28-22(13)21-18(7-15(25)8-19(21)26)12(2)34-20-6-14(24)10-27-23(20)31(32)33/h6-12H,4-5H2,1-3H3. The molecular formula is C23H20BrF2N5O4. The van der Waals surface area contributed by atoms with Gasteiger partial charge in [-0.3, -0.25) is 4.68 Å². The Morgan fingerprint density at radius 1 is 1.29 bits per heavy atom. The predicted octanol–water partition coefficient (Wildman–Crippen LogP) is 5.71. The van der Waals surface area contributed by atoms with Gasteiger partial charge in [-0.05, 0) is 45.2 Å². The first kappa shape index (κ1) is 24.5. The third kappa shape index (κ3) is 5.21. The maximum Gasteiger partial charge on any atom is 0.406 e. The molecule has 182 valence electrons. The molecular weight excluding hydrogens is 528 g/mol. The van der Waals surface area contributed by atoms with E-state index in [1.165, 1.54) is 23.9 Å². The molecule has 1 atom stereocenters. The number of halogens is 3. The molecule has 0 amide bonds. The number of nitro groups is 1. The molecule has 1 unspecified atom stereocenters. The van der Waals surface area contributed by atoms with Gasteiger partial charge in [0.1, 0.15) is 23.5 Å². The number of hydrogen-bond acceptors (Lipinski definition) is 7. The minimum Gasteiger partial charge on any atom is -0.478 e. The van der Waals surface area contributed by atoms with Gasteiger partial charge in [0, 0.05) is 54.6 Å². The summed E-state index contributed by atoms with van der Waals surface area (Å²) in [5, 5.41) is 19.8. The van der Waals surface area contributed by atoms with Crippen LogP contribution in [0.5, 0.6) is 5.75 Å². The Labute approximate surface area is 207 Å². The molecule has 0 aliphatic heterocycles. The Kier molecular flexibility index (Phi) is 6.92. The Hall–Kier alpha value is -3.67. The van der Waals surface area contributed by atoms with Crippen molar-refractivity contribution in [3.63, 3.8) is 0 Å². The monoisotopic (exact) mass is 547 g/mol. The van der Waals surface area contributed by atoms with E-state index in [0.29, 0.717) is 22.2 Å². The van der Waals surface area contributed by atoms with Crippen LogP contribution in [0, 0.1) is 21.7 Å². The van der Waals surface area contributed by atoms with E-state index in [4.69, 9.17) is 9.26 Å². The molecule has 0 aliphatic carbocycles. The molecule has 0 radical (unpaired) electrons. The third-order valence-corrected chi connectivity index (χ3v) is 5.71. The van der Waals surface area contributed by atoms with Crippen molar-refractivity contribution in [2.75, 3.05) is 0 Å². The molecule has 3 heterocycles. The van der Waals surface area contributed by atoms with Gasteiger partial charge in [-0.2, -0.15) is 5.10 Å². The lowest BCUT2D eigenvalue weighted by Crippen LogP contribution is -2.10. The van der Waals surface area contributed by atoms with Crippen molar-refractivity contribution in [1.82, 2.24) is 19.9 Å². The first-order valence-corrected chi connectivity index (χ1v) is 11.4. The molecule has 0 saturated heterocycles. The lowest BCUT2D eigenvalue weighted by atomic mass is 9.96. The Bertz CT molecular complexity index is 1400. The molecule has 0 spiro atoms. The zero-order valence-electron chi connectivity index (χ0n) is 19.0. The molecule has 1 aromatic carbocycles. The van der Waals surface area contributed by atoms with Crippen LogP contribution in [0.15, 0.2) is 45.7 Å². The predicted molar refractivity (Wildman–Crippen MR) is 125 cm³/mol. The summed E-state index contributed by atoms with van der Waals surface area (Å²) < 4.78 is 42.7. The summed E-state index contributed by atoms with van der Waals surface area (Å²) in [6.07, 6.45) is 2.96. The minimum absolute atomic E-state index is 0.0235. The first-order chi connectivity index (χ1) is 16.7. The van der Waals surface area contributed by atoms with Gasteiger partial charge in [0.2, 0.25) is 5.75 Å². The fourth-order valence-electron chi connectivity index (χ4n) is 3.73. The fraction of sp³-hybridized carbons (Fsp3) is 0.261. The number of nitrogens with zero attached hydrogens (tertiary/aromatic N) is 5. The average molecular weight is 548 g/mol. The van der Waals surface area contributed by atoms with Crippen LogP contribution >= 0.6 is 15.9 Å². The smallest absolute Gasteiger partial charge is 0.406 e. The summed E-state index contributed by atoms with van der Waals surface area (Å²) >= 11 is 3.20. The lowest BCUT2D eigenvalue weighted by Gasteiger charge is -2.19. The van der Waals surface area contributed by atoms with Gasteiger partial charge in [-0.25, -0.2) is 8.78 Å². The Morgan fingerprint density at radius 2 is 2.06 bits per heavy atom. The van der Waals surface area contributed by atoms with Gasteiger partial charge in [-0.15, -0.1) is 0 Å². The number of rotatable bonds is 8. The highest BCUT2D eigenvalue weighted by atomic mass is 79.9. The number of aryl methyl sites for hydroxylation is 2. The normalized spacial score (nSPS) is 12.1. The molecule has 0 aliphatic rings. The van der Waals surface area contributed by atoms with Crippen molar-refractivity contribution in [1.29, 1.82) is 0 Å². The van der Waals surface area contributed by atoms with Crippen molar-refractivity contribution in [3.05, 3.63) is 85.5 Å². The van der Waals surface area contributed by atoms with Crippen molar-refractivity contribution < 1.29 is 23.0 Å². The van der Waals surface area contributed by atoms with Crippen LogP contribution in [-0.2, 0) is 19.9 Å². The molecule has 4 aromatic rings. The fourth-order valence-corrected chi connectivity index (χ4v) is 4.04. The summed E-state index contributed by atoms with van der Waals surface area (Å²) in [5.74, 6) is -1.76. The Balaban J connectivity index is 1.78. The molecule has 0 saturated carbocycles. The van der Waals surface area contributed by atoms with E-state index in [0.717, 1.165) is 17.8 Å². The number of ether oxygens (including phenoxy) is 1. The summed E-state index contributed by atoms with van der Waals surface area (Å²) in [4.78, 5) is 14.5. The quantitative estimate of drug-likeness (QED) is 0.205. The van der Waals surface area contributed by atoms with Crippen molar-refractivity contribution in [2.45, 2.75) is 32.8 Å². The maximum atomic E-state index is 15.2. The van der Waals surface area contributed by atoms with Gasteiger partial charge in [0.15, 0.2) is 6.20 Å². The highest BCUT2D eigenvalue weighted by Gasteiger charge is 2.27. The number of aromatic nitrogens is 4.